The molecule has 6 rings (SSSR count). The lowest BCUT2D eigenvalue weighted by molar-refractivity contribution is 0.0991. The number of hydrogen-bond donors (Lipinski definition) is 1. The number of nitrogens with one attached hydrogen (secondary N) is 1. The zero-order valence-corrected chi connectivity index (χ0v) is 22.9. The Morgan fingerprint density at radius 3 is 2.40 bits per heavy atom. The normalized spacial score (nSPS) is 10.9. The van der Waals surface area contributed by atoms with E-state index in [0.29, 0.717) is 46.9 Å². The Balaban J connectivity index is 1.32. The van der Waals surface area contributed by atoms with Gasteiger partial charge in [-0.25, -0.2) is 4.98 Å². The van der Waals surface area contributed by atoms with Gasteiger partial charge in [-0.05, 0) is 72.6 Å². The largest absolute Gasteiger partial charge is 0.311 e. The molecule has 9 nitrogen and oxygen atoms in total. The molecule has 0 bridgehead atoms. The molecule has 0 aliphatic rings. The van der Waals surface area contributed by atoms with E-state index in [-0.39, 0.29) is 11.8 Å². The van der Waals surface area contributed by atoms with Gasteiger partial charge in [0, 0.05) is 67.0 Å². The van der Waals surface area contributed by atoms with Crippen LogP contribution in [0.3, 0.4) is 0 Å². The van der Waals surface area contributed by atoms with Gasteiger partial charge >= 0.3 is 0 Å². The molecule has 0 aliphatic carbocycles. The van der Waals surface area contributed by atoms with Crippen molar-refractivity contribution in [2.24, 2.45) is 0 Å². The van der Waals surface area contributed by atoms with E-state index < -0.39 is 0 Å². The zero-order chi connectivity index (χ0) is 28.9. The van der Waals surface area contributed by atoms with Crippen LogP contribution in [0.15, 0.2) is 116 Å². The summed E-state index contributed by atoms with van der Waals surface area (Å²) in [4.78, 5) is 45.7. The number of pyridine rings is 3. The van der Waals surface area contributed by atoms with Crippen LogP contribution < -0.4 is 10.2 Å². The van der Waals surface area contributed by atoms with Crippen LogP contribution in [-0.4, -0.2) is 43.4 Å². The van der Waals surface area contributed by atoms with E-state index >= 15 is 0 Å². The van der Waals surface area contributed by atoms with Crippen molar-refractivity contribution in [3.8, 4) is 11.3 Å². The highest BCUT2D eigenvalue weighted by Crippen LogP contribution is 2.27. The summed E-state index contributed by atoms with van der Waals surface area (Å²) in [5.74, 6) is -0.0218. The second kappa shape index (κ2) is 11.8. The third-order valence-corrected chi connectivity index (χ3v) is 7.00. The Bertz CT molecular complexity index is 1860. The predicted molar refractivity (Wildman–Crippen MR) is 162 cm³/mol. The first-order valence-corrected chi connectivity index (χ1v) is 13.5. The van der Waals surface area contributed by atoms with Gasteiger partial charge in [0.2, 0.25) is 5.95 Å². The molecule has 4 aromatic heterocycles. The number of fused-ring (bicyclic) bond motifs is 1. The van der Waals surface area contributed by atoms with Crippen LogP contribution in [-0.2, 0) is 13.0 Å². The lowest BCUT2D eigenvalue weighted by atomic mass is 10.1. The van der Waals surface area contributed by atoms with Gasteiger partial charge in [-0.15, -0.1) is 0 Å². The summed E-state index contributed by atoms with van der Waals surface area (Å²) < 4.78 is 1.98. The Labute approximate surface area is 242 Å². The third kappa shape index (κ3) is 5.62. The van der Waals surface area contributed by atoms with Crippen LogP contribution in [0, 0.1) is 0 Å². The SMILES string of the molecule is CN(C(=O)c1ccccc1)c1ccc2c(c1)nc(NC(=O)c1ccnc(-c3cccnc3)c1)n2CCc1cccnc1. The first-order valence-electron chi connectivity index (χ1n) is 13.5. The van der Waals surface area contributed by atoms with Crippen LogP contribution in [0.1, 0.15) is 26.3 Å². The molecular formula is C33H27N7O2. The molecule has 0 radical (unpaired) electrons. The summed E-state index contributed by atoms with van der Waals surface area (Å²) in [5.41, 5.74) is 5.77. The quantitative estimate of drug-likeness (QED) is 0.261. The predicted octanol–water partition coefficient (Wildman–Crippen LogP) is 5.66. The van der Waals surface area contributed by atoms with Crippen molar-refractivity contribution in [3.63, 3.8) is 0 Å². The highest BCUT2D eigenvalue weighted by atomic mass is 16.2. The second-order valence-corrected chi connectivity index (χ2v) is 9.73. The molecule has 206 valence electrons. The Kier molecular flexibility index (Phi) is 7.46. The molecule has 9 heteroatoms. The molecule has 6 aromatic rings. The topological polar surface area (TPSA) is 106 Å². The maximum Gasteiger partial charge on any atom is 0.258 e. The van der Waals surface area contributed by atoms with E-state index in [1.165, 1.54) is 0 Å². The molecule has 2 amide bonds. The molecule has 0 atom stereocenters. The van der Waals surface area contributed by atoms with E-state index in [4.69, 9.17) is 4.98 Å². The van der Waals surface area contributed by atoms with Gasteiger partial charge in [0.1, 0.15) is 0 Å². The van der Waals surface area contributed by atoms with Gasteiger partial charge in [0.15, 0.2) is 0 Å². The maximum atomic E-state index is 13.5. The molecule has 0 unspecified atom stereocenters. The van der Waals surface area contributed by atoms with E-state index in [1.54, 1.807) is 61.0 Å². The number of imidazole rings is 1. The van der Waals surface area contributed by atoms with Crippen LogP contribution in [0.2, 0.25) is 0 Å². The smallest absolute Gasteiger partial charge is 0.258 e. The summed E-state index contributed by atoms with van der Waals surface area (Å²) in [6.45, 7) is 0.563. The second-order valence-electron chi connectivity index (χ2n) is 9.73. The van der Waals surface area contributed by atoms with Crippen LogP contribution in [0.4, 0.5) is 11.6 Å². The van der Waals surface area contributed by atoms with Crippen molar-refractivity contribution in [3.05, 3.63) is 133 Å². The van der Waals surface area contributed by atoms with Crippen molar-refractivity contribution < 1.29 is 9.59 Å². The lowest BCUT2D eigenvalue weighted by Gasteiger charge is -2.17. The Morgan fingerprint density at radius 1 is 0.833 bits per heavy atom. The van der Waals surface area contributed by atoms with E-state index in [9.17, 15) is 9.59 Å². The first kappa shape index (κ1) is 26.5. The number of hydrogen-bond acceptors (Lipinski definition) is 6. The van der Waals surface area contributed by atoms with Crippen LogP contribution in [0.25, 0.3) is 22.3 Å². The highest BCUT2D eigenvalue weighted by molar-refractivity contribution is 6.07. The number of anilines is 2. The van der Waals surface area contributed by atoms with Gasteiger partial charge in [-0.2, -0.15) is 0 Å². The molecular weight excluding hydrogens is 526 g/mol. The van der Waals surface area contributed by atoms with Gasteiger partial charge in [0.05, 0.1) is 16.7 Å². The fourth-order valence-electron chi connectivity index (χ4n) is 4.74. The van der Waals surface area contributed by atoms with Gasteiger partial charge in [-0.1, -0.05) is 24.3 Å². The number of amides is 2. The summed E-state index contributed by atoms with van der Waals surface area (Å²) in [7, 11) is 1.74. The summed E-state index contributed by atoms with van der Waals surface area (Å²) in [6, 6.07) is 25.9. The molecule has 2 aromatic carbocycles. The Hall–Kier alpha value is -5.70. The summed E-state index contributed by atoms with van der Waals surface area (Å²) >= 11 is 0. The number of aromatic nitrogens is 5. The Morgan fingerprint density at radius 2 is 1.64 bits per heavy atom. The summed E-state index contributed by atoms with van der Waals surface area (Å²) in [5, 5.41) is 3.00. The molecule has 4 heterocycles. The number of nitrogens with zero attached hydrogens (tertiary/aromatic N) is 6. The maximum absolute atomic E-state index is 13.5. The van der Waals surface area contributed by atoms with Crippen LogP contribution >= 0.6 is 0 Å². The van der Waals surface area contributed by atoms with Crippen molar-refractivity contribution in [2.45, 2.75) is 13.0 Å². The number of rotatable bonds is 8. The number of benzene rings is 2. The molecule has 0 saturated heterocycles. The number of aryl methyl sites for hydroxylation is 2. The van der Waals surface area contributed by atoms with Crippen molar-refractivity contribution in [1.29, 1.82) is 0 Å². The monoisotopic (exact) mass is 553 g/mol. The molecule has 0 saturated carbocycles. The molecule has 42 heavy (non-hydrogen) atoms. The standard InChI is InChI=1S/C33H27N7O2/c1-39(32(42)24-8-3-2-4-9-24)27-11-12-30-29(20-27)37-33(40(30)18-14-23-7-5-15-34-21-23)38-31(41)25-13-17-36-28(19-25)26-10-6-16-35-22-26/h2-13,15-17,19-22H,14,18H2,1H3,(H,37,38,41). The minimum Gasteiger partial charge on any atom is -0.311 e. The van der Waals surface area contributed by atoms with Gasteiger partial charge in [0.25, 0.3) is 11.8 Å². The van der Waals surface area contributed by atoms with Crippen molar-refractivity contribution in [1.82, 2.24) is 24.5 Å². The van der Waals surface area contributed by atoms with Crippen molar-refractivity contribution >= 4 is 34.5 Å². The molecule has 0 fully saturated rings. The average Bonchev–Trinajstić information content (AvgIpc) is 3.40. The fraction of sp³-hybridized carbons (Fsp3) is 0.0909. The molecule has 0 spiro atoms. The summed E-state index contributed by atoms with van der Waals surface area (Å²) in [6.07, 6.45) is 9.27. The van der Waals surface area contributed by atoms with Gasteiger partial charge in [-0.3, -0.25) is 29.9 Å². The highest BCUT2D eigenvalue weighted by Gasteiger charge is 2.19. The fourth-order valence-corrected chi connectivity index (χ4v) is 4.74. The average molecular weight is 554 g/mol. The van der Waals surface area contributed by atoms with E-state index in [1.807, 2.05) is 71.4 Å². The zero-order valence-electron chi connectivity index (χ0n) is 22.9. The van der Waals surface area contributed by atoms with Crippen LogP contribution in [0.5, 0.6) is 0 Å². The van der Waals surface area contributed by atoms with E-state index in [2.05, 4.69) is 20.3 Å². The lowest BCUT2D eigenvalue weighted by Crippen LogP contribution is -2.26. The van der Waals surface area contributed by atoms with E-state index in [0.717, 1.165) is 16.6 Å². The molecule has 1 N–H and O–H groups in total. The minimum absolute atomic E-state index is 0.124. The van der Waals surface area contributed by atoms with Crippen molar-refractivity contribution in [2.75, 3.05) is 17.3 Å². The minimum atomic E-state index is -0.308. The van der Waals surface area contributed by atoms with Gasteiger partial charge < -0.3 is 9.47 Å². The first-order chi connectivity index (χ1) is 20.6. The number of carbonyl (C=O) groups excluding carboxylic acids is 2. The number of carbonyl (C=O) groups is 2. The third-order valence-electron chi connectivity index (χ3n) is 7.00. The molecule has 0 aliphatic heterocycles.